The number of rotatable bonds is 2. The van der Waals surface area contributed by atoms with Crippen LogP contribution in [0.4, 0.5) is 10.8 Å². The molecule has 3 rings (SSSR count). The van der Waals surface area contributed by atoms with Crippen LogP contribution in [-0.2, 0) is 0 Å². The van der Waals surface area contributed by atoms with E-state index in [2.05, 4.69) is 25.0 Å². The van der Waals surface area contributed by atoms with Gasteiger partial charge in [-0.25, -0.2) is 4.98 Å². The Morgan fingerprint density at radius 2 is 2.00 bits per heavy atom. The maximum Gasteiger partial charge on any atom is 0.185 e. The zero-order valence-corrected chi connectivity index (χ0v) is 9.65. The lowest BCUT2D eigenvalue weighted by Gasteiger charge is -2.35. The van der Waals surface area contributed by atoms with Crippen molar-refractivity contribution in [2.75, 3.05) is 36.0 Å². The van der Waals surface area contributed by atoms with Gasteiger partial charge in [-0.1, -0.05) is 0 Å². The van der Waals surface area contributed by atoms with Crippen molar-refractivity contribution in [1.29, 1.82) is 0 Å². The maximum absolute atomic E-state index is 4.34. The Bertz CT molecular complexity index is 374. The number of aromatic amines is 1. The second kappa shape index (κ2) is 4.13. The number of nitrogens with zero attached hydrogens (tertiary/aromatic N) is 4. The van der Waals surface area contributed by atoms with E-state index in [1.54, 1.807) is 11.3 Å². The molecule has 3 heterocycles. The van der Waals surface area contributed by atoms with Gasteiger partial charge in [0.25, 0.3) is 0 Å². The fourth-order valence-electron chi connectivity index (χ4n) is 1.95. The molecule has 0 radical (unpaired) electrons. The van der Waals surface area contributed by atoms with Crippen molar-refractivity contribution < 1.29 is 0 Å². The molecule has 1 saturated heterocycles. The smallest absolute Gasteiger partial charge is 0.185 e. The highest BCUT2D eigenvalue weighted by atomic mass is 32.1. The van der Waals surface area contributed by atoms with Crippen molar-refractivity contribution in [2.45, 2.75) is 0 Å². The van der Waals surface area contributed by atoms with Crippen LogP contribution < -0.4 is 9.80 Å². The minimum absolute atomic E-state index is 1.03. The third-order valence-corrected chi connectivity index (χ3v) is 3.65. The first-order valence-electron chi connectivity index (χ1n) is 5.31. The second-order valence-electron chi connectivity index (χ2n) is 3.75. The molecular formula is C10H13N5S. The van der Waals surface area contributed by atoms with Crippen molar-refractivity contribution >= 4 is 22.2 Å². The van der Waals surface area contributed by atoms with Crippen LogP contribution in [0.5, 0.6) is 0 Å². The van der Waals surface area contributed by atoms with Gasteiger partial charge in [0.05, 0.1) is 11.9 Å². The third-order valence-electron chi connectivity index (χ3n) is 2.82. The summed E-state index contributed by atoms with van der Waals surface area (Å²) in [6.45, 7) is 4.11. The predicted octanol–water partition coefficient (Wildman–Crippen LogP) is 1.19. The average Bonchev–Trinajstić information content (AvgIpc) is 3.03. The van der Waals surface area contributed by atoms with Gasteiger partial charge in [-0.05, 0) is 0 Å². The minimum atomic E-state index is 1.03. The topological polar surface area (TPSA) is 48.0 Å². The highest BCUT2D eigenvalue weighted by molar-refractivity contribution is 7.13. The Kier molecular flexibility index (Phi) is 2.49. The van der Waals surface area contributed by atoms with Gasteiger partial charge in [-0.2, -0.15) is 5.10 Å². The molecule has 1 N–H and O–H groups in total. The summed E-state index contributed by atoms with van der Waals surface area (Å²) in [5.41, 5.74) is 1.18. The first-order chi connectivity index (χ1) is 7.93. The van der Waals surface area contributed by atoms with Gasteiger partial charge >= 0.3 is 0 Å². The van der Waals surface area contributed by atoms with Crippen LogP contribution in [0.25, 0.3) is 0 Å². The summed E-state index contributed by atoms with van der Waals surface area (Å²) in [4.78, 5) is 9.01. The van der Waals surface area contributed by atoms with Gasteiger partial charge < -0.3 is 9.80 Å². The molecule has 0 saturated carbocycles. The van der Waals surface area contributed by atoms with Crippen LogP contribution in [0.1, 0.15) is 0 Å². The zero-order chi connectivity index (χ0) is 10.8. The SMILES string of the molecule is c1csc(N2CCN(c3cn[nH]c3)CC2)n1. The zero-order valence-electron chi connectivity index (χ0n) is 8.83. The summed E-state index contributed by atoms with van der Waals surface area (Å²) in [5, 5.41) is 9.98. The first-order valence-corrected chi connectivity index (χ1v) is 6.19. The molecular weight excluding hydrogens is 222 g/mol. The van der Waals surface area contributed by atoms with Crippen molar-refractivity contribution in [2.24, 2.45) is 0 Å². The summed E-state index contributed by atoms with van der Waals surface area (Å²) < 4.78 is 0. The van der Waals surface area contributed by atoms with Crippen LogP contribution in [0.3, 0.4) is 0 Å². The lowest BCUT2D eigenvalue weighted by molar-refractivity contribution is 0.652. The minimum Gasteiger partial charge on any atom is -0.365 e. The van der Waals surface area contributed by atoms with Gasteiger partial charge in [0, 0.05) is 44.0 Å². The van der Waals surface area contributed by atoms with E-state index in [0.717, 1.165) is 31.3 Å². The van der Waals surface area contributed by atoms with E-state index in [-0.39, 0.29) is 0 Å². The van der Waals surface area contributed by atoms with Crippen LogP contribution >= 0.6 is 11.3 Å². The Morgan fingerprint density at radius 1 is 1.19 bits per heavy atom. The number of hydrogen-bond donors (Lipinski definition) is 1. The summed E-state index contributed by atoms with van der Waals surface area (Å²) >= 11 is 1.71. The molecule has 16 heavy (non-hydrogen) atoms. The Labute approximate surface area is 97.7 Å². The molecule has 0 unspecified atom stereocenters. The van der Waals surface area contributed by atoms with Crippen LogP contribution in [-0.4, -0.2) is 41.4 Å². The standard InChI is InChI=1S/C10H13N5S/c1-6-16-10(11-1)15-4-2-14(3-5-15)9-7-12-13-8-9/h1,6-8H,2-5H2,(H,12,13). The number of hydrogen-bond acceptors (Lipinski definition) is 5. The fraction of sp³-hybridized carbons (Fsp3) is 0.400. The van der Waals surface area contributed by atoms with E-state index in [1.165, 1.54) is 5.69 Å². The quantitative estimate of drug-likeness (QED) is 0.849. The molecule has 84 valence electrons. The number of aromatic nitrogens is 3. The summed E-state index contributed by atoms with van der Waals surface area (Å²) in [6.07, 6.45) is 5.68. The lowest BCUT2D eigenvalue weighted by Crippen LogP contribution is -2.46. The van der Waals surface area contributed by atoms with Gasteiger partial charge in [-0.15, -0.1) is 11.3 Å². The van der Waals surface area contributed by atoms with E-state index in [0.29, 0.717) is 0 Å². The number of piperazine rings is 1. The Hall–Kier alpha value is -1.56. The largest absolute Gasteiger partial charge is 0.365 e. The van der Waals surface area contributed by atoms with Crippen LogP contribution in [0.2, 0.25) is 0 Å². The number of nitrogens with one attached hydrogen (secondary N) is 1. The molecule has 2 aromatic rings. The molecule has 0 amide bonds. The van der Waals surface area contributed by atoms with Gasteiger partial charge in [0.2, 0.25) is 0 Å². The highest BCUT2D eigenvalue weighted by Gasteiger charge is 2.19. The molecule has 1 fully saturated rings. The molecule has 0 aliphatic carbocycles. The van der Waals surface area contributed by atoms with Crippen LogP contribution in [0, 0.1) is 0 Å². The normalized spacial score (nSPS) is 16.8. The van der Waals surface area contributed by atoms with E-state index < -0.39 is 0 Å². The van der Waals surface area contributed by atoms with Crippen molar-refractivity contribution in [3.63, 3.8) is 0 Å². The van der Waals surface area contributed by atoms with Crippen molar-refractivity contribution in [3.8, 4) is 0 Å². The summed E-state index contributed by atoms with van der Waals surface area (Å²) in [5.74, 6) is 0. The van der Waals surface area contributed by atoms with Crippen molar-refractivity contribution in [3.05, 3.63) is 24.0 Å². The molecule has 0 bridgehead atoms. The Balaban J connectivity index is 1.64. The number of H-pyrrole nitrogens is 1. The lowest BCUT2D eigenvalue weighted by atomic mass is 10.3. The number of anilines is 2. The van der Waals surface area contributed by atoms with Gasteiger partial charge in [-0.3, -0.25) is 5.10 Å². The monoisotopic (exact) mass is 235 g/mol. The van der Waals surface area contributed by atoms with E-state index in [9.17, 15) is 0 Å². The maximum atomic E-state index is 4.34. The third kappa shape index (κ3) is 1.76. The highest BCUT2D eigenvalue weighted by Crippen LogP contribution is 2.21. The average molecular weight is 235 g/mol. The van der Waals surface area contributed by atoms with Crippen molar-refractivity contribution in [1.82, 2.24) is 15.2 Å². The second-order valence-corrected chi connectivity index (χ2v) is 4.62. The van der Waals surface area contributed by atoms with E-state index in [1.807, 2.05) is 24.0 Å². The molecule has 0 aromatic carbocycles. The molecule has 1 aliphatic rings. The predicted molar refractivity (Wildman–Crippen MR) is 65.1 cm³/mol. The first kappa shape index (κ1) is 9.65. The fourth-order valence-corrected chi connectivity index (χ4v) is 2.64. The van der Waals surface area contributed by atoms with E-state index in [4.69, 9.17) is 0 Å². The Morgan fingerprint density at radius 3 is 2.62 bits per heavy atom. The number of thiazole rings is 1. The molecule has 0 spiro atoms. The van der Waals surface area contributed by atoms with Gasteiger partial charge in [0.15, 0.2) is 5.13 Å². The van der Waals surface area contributed by atoms with Crippen LogP contribution in [0.15, 0.2) is 24.0 Å². The van der Waals surface area contributed by atoms with E-state index >= 15 is 0 Å². The summed E-state index contributed by atoms with van der Waals surface area (Å²) in [6, 6.07) is 0. The molecule has 6 heteroatoms. The molecule has 5 nitrogen and oxygen atoms in total. The summed E-state index contributed by atoms with van der Waals surface area (Å²) in [7, 11) is 0. The molecule has 1 aliphatic heterocycles. The van der Waals surface area contributed by atoms with Gasteiger partial charge in [0.1, 0.15) is 0 Å². The molecule has 0 atom stereocenters. The molecule has 2 aromatic heterocycles.